The molecule has 0 unspecified atom stereocenters. The number of pyridine rings is 2. The van der Waals surface area contributed by atoms with Gasteiger partial charge in [0.1, 0.15) is 17.1 Å². The number of carbonyl (C=O) groups is 1. The molecule has 0 fully saturated rings. The molecule has 0 bridgehead atoms. The first-order valence-corrected chi connectivity index (χ1v) is 15.5. The molecule has 2 aromatic carbocycles. The number of methoxy groups -OCH3 is 2. The molecular formula is C39H43N3O4. The van der Waals surface area contributed by atoms with E-state index in [1.165, 1.54) is 4.57 Å². The summed E-state index contributed by atoms with van der Waals surface area (Å²) in [4.78, 5) is 23.6. The first kappa shape index (κ1) is 32.5. The normalized spacial score (nSPS) is 12.4. The van der Waals surface area contributed by atoms with E-state index < -0.39 is 11.7 Å². The molecule has 0 aliphatic rings. The van der Waals surface area contributed by atoms with E-state index in [4.69, 9.17) is 24.2 Å². The minimum Gasteiger partial charge on any atom is -0.497 e. The molecule has 0 saturated carbocycles. The fourth-order valence-corrected chi connectivity index (χ4v) is 5.48. The largest absolute Gasteiger partial charge is 0.497 e. The molecule has 0 N–H and O–H groups in total. The third kappa shape index (κ3) is 6.41. The van der Waals surface area contributed by atoms with Crippen molar-refractivity contribution in [3.8, 4) is 28.3 Å². The Bertz CT molecular complexity index is 1990. The summed E-state index contributed by atoms with van der Waals surface area (Å²) in [6, 6.07) is 20.2. The van der Waals surface area contributed by atoms with E-state index in [1.807, 2.05) is 45.0 Å². The van der Waals surface area contributed by atoms with Crippen molar-refractivity contribution >= 4 is 33.5 Å². The number of nitrogens with zero attached hydrogens (tertiary/aromatic N) is 3. The standard InChI is InChI=1S/C39H43N3O4/c1-11-13-28(24(2)44-9)31-19-17-25-15-16-26-18-20-32(41-35(26)34(25)40-31)29-22-27(38(3,4)5)23-30(36(29)45-10)33-14-12-21-42(33)37(43)46-39(6,7)8/h12-23H,2,11H2,1,3-10H3/b28-13+. The van der Waals surface area contributed by atoms with Crippen LogP contribution in [0.4, 0.5) is 4.79 Å². The lowest BCUT2D eigenvalue weighted by atomic mass is 9.83. The number of carbonyl (C=O) groups excluding carboxylic acids is 1. The zero-order valence-corrected chi connectivity index (χ0v) is 28.3. The van der Waals surface area contributed by atoms with E-state index in [1.54, 1.807) is 20.4 Å². The maximum absolute atomic E-state index is 13.3. The lowest BCUT2D eigenvalue weighted by molar-refractivity contribution is 0.0540. The van der Waals surface area contributed by atoms with Crippen LogP contribution >= 0.6 is 0 Å². The second-order valence-corrected chi connectivity index (χ2v) is 13.4. The number of benzene rings is 2. The third-order valence-corrected chi connectivity index (χ3v) is 7.80. The topological polar surface area (TPSA) is 75.5 Å². The van der Waals surface area contributed by atoms with E-state index >= 15 is 0 Å². The highest BCUT2D eigenvalue weighted by molar-refractivity contribution is 6.04. The Hall–Kier alpha value is -4.91. The molecule has 3 heterocycles. The van der Waals surface area contributed by atoms with Gasteiger partial charge in [-0.3, -0.25) is 4.57 Å². The van der Waals surface area contributed by atoms with Gasteiger partial charge in [-0.1, -0.05) is 64.6 Å². The lowest BCUT2D eigenvalue weighted by Crippen LogP contribution is -2.27. The number of hydrogen-bond donors (Lipinski definition) is 0. The van der Waals surface area contributed by atoms with E-state index in [2.05, 4.69) is 76.7 Å². The summed E-state index contributed by atoms with van der Waals surface area (Å²) >= 11 is 0. The van der Waals surface area contributed by atoms with Crippen LogP contribution in [0, 0.1) is 0 Å². The zero-order valence-electron chi connectivity index (χ0n) is 28.3. The molecule has 0 saturated heterocycles. The fraction of sp³-hybridized carbons (Fsp3) is 0.308. The quantitative estimate of drug-likeness (QED) is 0.103. The van der Waals surface area contributed by atoms with Gasteiger partial charge in [0.15, 0.2) is 0 Å². The fourth-order valence-electron chi connectivity index (χ4n) is 5.48. The van der Waals surface area contributed by atoms with Gasteiger partial charge in [0.2, 0.25) is 0 Å². The molecule has 0 spiro atoms. The lowest BCUT2D eigenvalue weighted by Gasteiger charge is -2.25. The first-order valence-electron chi connectivity index (χ1n) is 15.5. The second-order valence-electron chi connectivity index (χ2n) is 13.4. The van der Waals surface area contributed by atoms with Crippen LogP contribution in [0.5, 0.6) is 5.75 Å². The number of aromatic nitrogens is 3. The van der Waals surface area contributed by atoms with Gasteiger partial charge in [-0.2, -0.15) is 0 Å². The van der Waals surface area contributed by atoms with E-state index in [9.17, 15) is 4.79 Å². The molecule has 0 amide bonds. The zero-order chi connectivity index (χ0) is 33.4. The smallest absolute Gasteiger partial charge is 0.418 e. The summed E-state index contributed by atoms with van der Waals surface area (Å²) in [6.07, 6.45) is 4.15. The predicted molar refractivity (Wildman–Crippen MR) is 187 cm³/mol. The maximum atomic E-state index is 13.3. The summed E-state index contributed by atoms with van der Waals surface area (Å²) in [5.41, 5.74) is 6.41. The molecule has 0 aliphatic carbocycles. The molecule has 0 aliphatic heterocycles. The summed E-state index contributed by atoms with van der Waals surface area (Å²) in [7, 11) is 3.27. The molecule has 238 valence electrons. The maximum Gasteiger partial charge on any atom is 0.418 e. The Morgan fingerprint density at radius 2 is 1.52 bits per heavy atom. The minimum atomic E-state index is -0.642. The van der Waals surface area contributed by atoms with E-state index in [-0.39, 0.29) is 5.41 Å². The van der Waals surface area contributed by atoms with Gasteiger partial charge in [-0.15, -0.1) is 0 Å². The molecule has 3 aromatic heterocycles. The van der Waals surface area contributed by atoms with Gasteiger partial charge >= 0.3 is 6.09 Å². The van der Waals surface area contributed by atoms with Gasteiger partial charge in [-0.25, -0.2) is 14.8 Å². The van der Waals surface area contributed by atoms with Crippen molar-refractivity contribution in [1.29, 1.82) is 0 Å². The van der Waals surface area contributed by atoms with Gasteiger partial charge in [0, 0.05) is 33.7 Å². The monoisotopic (exact) mass is 617 g/mol. The van der Waals surface area contributed by atoms with Crippen LogP contribution in [0.3, 0.4) is 0 Å². The summed E-state index contributed by atoms with van der Waals surface area (Å²) in [5, 5.41) is 1.95. The molecule has 46 heavy (non-hydrogen) atoms. The van der Waals surface area contributed by atoms with Crippen LogP contribution in [0.2, 0.25) is 0 Å². The molecule has 5 aromatic rings. The van der Waals surface area contributed by atoms with Crippen LogP contribution in [0.1, 0.15) is 66.1 Å². The van der Waals surface area contributed by atoms with Crippen molar-refractivity contribution in [1.82, 2.24) is 14.5 Å². The van der Waals surface area contributed by atoms with Gasteiger partial charge in [-0.05, 0) is 74.6 Å². The highest BCUT2D eigenvalue weighted by atomic mass is 16.6. The average molecular weight is 618 g/mol. The average Bonchev–Trinajstić information content (AvgIpc) is 3.51. The van der Waals surface area contributed by atoms with Crippen molar-refractivity contribution in [2.75, 3.05) is 14.2 Å². The van der Waals surface area contributed by atoms with Crippen LogP contribution < -0.4 is 4.74 Å². The summed E-state index contributed by atoms with van der Waals surface area (Å²) < 4.78 is 18.9. The van der Waals surface area contributed by atoms with Crippen LogP contribution in [0.25, 0.3) is 49.9 Å². The highest BCUT2D eigenvalue weighted by Gasteiger charge is 2.26. The summed E-state index contributed by atoms with van der Waals surface area (Å²) in [5.74, 6) is 1.18. The van der Waals surface area contributed by atoms with Gasteiger partial charge in [0.05, 0.1) is 42.3 Å². The Morgan fingerprint density at radius 3 is 2.13 bits per heavy atom. The molecule has 0 radical (unpaired) electrons. The number of rotatable bonds is 7. The van der Waals surface area contributed by atoms with Gasteiger partial charge < -0.3 is 14.2 Å². The van der Waals surface area contributed by atoms with Crippen molar-refractivity contribution in [2.45, 2.75) is 65.9 Å². The Morgan fingerprint density at radius 1 is 0.891 bits per heavy atom. The summed E-state index contributed by atoms with van der Waals surface area (Å²) in [6.45, 7) is 18.2. The number of ether oxygens (including phenoxy) is 3. The SMILES string of the molecule is C=C(OC)/C(=C\CC)c1ccc2ccc3ccc(-c4cc(C(C)(C)C)cc(-c5cccn5C(=O)OC(C)(C)C)c4OC)nc3c2n1. The van der Waals surface area contributed by atoms with Crippen LogP contribution in [0.15, 0.2) is 85.3 Å². The number of allylic oxidation sites excluding steroid dienone is 2. The van der Waals surface area contributed by atoms with Crippen molar-refractivity contribution in [3.63, 3.8) is 0 Å². The molecule has 0 atom stereocenters. The second kappa shape index (κ2) is 12.5. The van der Waals surface area contributed by atoms with E-state index in [0.29, 0.717) is 17.2 Å². The molecule has 5 rings (SSSR count). The highest BCUT2D eigenvalue weighted by Crippen LogP contribution is 2.43. The predicted octanol–water partition coefficient (Wildman–Crippen LogP) is 9.96. The molecular weight excluding hydrogens is 574 g/mol. The number of fused-ring (bicyclic) bond motifs is 3. The van der Waals surface area contributed by atoms with Crippen molar-refractivity contribution in [3.05, 3.63) is 96.5 Å². The van der Waals surface area contributed by atoms with Gasteiger partial charge in [0.25, 0.3) is 0 Å². The minimum absolute atomic E-state index is 0.203. The Labute approximate surface area is 271 Å². The number of hydrogen-bond acceptors (Lipinski definition) is 6. The first-order chi connectivity index (χ1) is 21.7. The van der Waals surface area contributed by atoms with Crippen molar-refractivity contribution in [2.24, 2.45) is 0 Å². The third-order valence-electron chi connectivity index (χ3n) is 7.80. The van der Waals surface area contributed by atoms with Crippen LogP contribution in [-0.4, -0.2) is 40.4 Å². The molecule has 7 heteroatoms. The van der Waals surface area contributed by atoms with Crippen LogP contribution in [-0.2, 0) is 14.9 Å². The van der Waals surface area contributed by atoms with E-state index in [0.717, 1.165) is 61.9 Å². The Balaban J connectivity index is 1.76. The Kier molecular flexibility index (Phi) is 8.81. The molecule has 7 nitrogen and oxygen atoms in total. The van der Waals surface area contributed by atoms with Crippen molar-refractivity contribution < 1.29 is 19.0 Å².